The van der Waals surface area contributed by atoms with E-state index in [-0.39, 0.29) is 0 Å². The monoisotopic (exact) mass is 260 g/mol. The Balaban J connectivity index is 2.00. The number of likely N-dealkylation sites (tertiary alicyclic amines) is 1. The maximum Gasteiger partial charge on any atom is 0.0246 e. The van der Waals surface area contributed by atoms with Crippen molar-refractivity contribution in [2.75, 3.05) is 19.6 Å². The van der Waals surface area contributed by atoms with Crippen LogP contribution in [0.1, 0.15) is 44.6 Å². The molecule has 0 bridgehead atoms. The van der Waals surface area contributed by atoms with Gasteiger partial charge in [0.05, 0.1) is 0 Å². The highest BCUT2D eigenvalue weighted by Crippen LogP contribution is 2.30. The van der Waals surface area contributed by atoms with Gasteiger partial charge in [0.15, 0.2) is 0 Å². The topological polar surface area (TPSA) is 29.3 Å². The van der Waals surface area contributed by atoms with Crippen molar-refractivity contribution in [1.29, 1.82) is 0 Å². The van der Waals surface area contributed by atoms with Gasteiger partial charge in [-0.1, -0.05) is 57.0 Å². The van der Waals surface area contributed by atoms with Crippen LogP contribution in [-0.4, -0.2) is 30.6 Å². The van der Waals surface area contributed by atoms with E-state index in [4.69, 9.17) is 5.73 Å². The maximum atomic E-state index is 6.05. The highest BCUT2D eigenvalue weighted by Gasteiger charge is 2.31. The summed E-state index contributed by atoms with van der Waals surface area (Å²) in [5, 5.41) is 0. The third kappa shape index (κ3) is 3.37. The molecule has 0 radical (unpaired) electrons. The molecular formula is C17H28N2. The highest BCUT2D eigenvalue weighted by atomic mass is 15.2. The largest absolute Gasteiger partial charge is 0.329 e. The predicted molar refractivity (Wildman–Crippen MR) is 82.3 cm³/mol. The molecule has 1 fully saturated rings. The van der Waals surface area contributed by atoms with Crippen LogP contribution in [0.25, 0.3) is 0 Å². The molecule has 0 aliphatic carbocycles. The van der Waals surface area contributed by atoms with E-state index in [0.717, 1.165) is 12.5 Å². The Morgan fingerprint density at radius 2 is 1.89 bits per heavy atom. The summed E-state index contributed by atoms with van der Waals surface area (Å²) >= 11 is 0. The predicted octanol–water partition coefficient (Wildman–Crippen LogP) is 3.24. The Morgan fingerprint density at radius 1 is 1.21 bits per heavy atom. The number of hydrogen-bond donors (Lipinski definition) is 1. The van der Waals surface area contributed by atoms with E-state index in [2.05, 4.69) is 49.1 Å². The van der Waals surface area contributed by atoms with Gasteiger partial charge in [-0.25, -0.2) is 0 Å². The molecule has 1 aromatic carbocycles. The fraction of sp³-hybridized carbons (Fsp3) is 0.647. The van der Waals surface area contributed by atoms with Gasteiger partial charge in [0.2, 0.25) is 0 Å². The third-order valence-corrected chi connectivity index (χ3v) is 4.79. The first-order valence-corrected chi connectivity index (χ1v) is 7.79. The summed E-state index contributed by atoms with van der Waals surface area (Å²) in [6.07, 6.45) is 3.76. The van der Waals surface area contributed by atoms with Gasteiger partial charge in [-0.05, 0) is 30.4 Å². The molecule has 1 aromatic rings. The van der Waals surface area contributed by atoms with E-state index in [0.29, 0.717) is 12.0 Å². The molecule has 1 saturated heterocycles. The molecule has 2 nitrogen and oxygen atoms in total. The highest BCUT2D eigenvalue weighted by molar-refractivity contribution is 5.21. The van der Waals surface area contributed by atoms with Crippen LogP contribution in [0.3, 0.4) is 0 Å². The zero-order valence-corrected chi connectivity index (χ0v) is 12.4. The Morgan fingerprint density at radius 3 is 2.47 bits per heavy atom. The smallest absolute Gasteiger partial charge is 0.0246 e. The summed E-state index contributed by atoms with van der Waals surface area (Å²) < 4.78 is 0. The van der Waals surface area contributed by atoms with Crippen molar-refractivity contribution in [2.24, 2.45) is 11.7 Å². The van der Waals surface area contributed by atoms with E-state index in [1.54, 1.807) is 0 Å². The number of nitrogens with zero attached hydrogens (tertiary/aromatic N) is 1. The van der Waals surface area contributed by atoms with Gasteiger partial charge >= 0.3 is 0 Å². The molecule has 0 aromatic heterocycles. The minimum Gasteiger partial charge on any atom is -0.329 e. The van der Waals surface area contributed by atoms with Crippen LogP contribution in [0.15, 0.2) is 30.3 Å². The van der Waals surface area contributed by atoms with Gasteiger partial charge in [0.25, 0.3) is 0 Å². The maximum absolute atomic E-state index is 6.05. The van der Waals surface area contributed by atoms with Gasteiger partial charge in [-0.15, -0.1) is 0 Å². The molecule has 2 heteroatoms. The van der Waals surface area contributed by atoms with Gasteiger partial charge in [0, 0.05) is 19.1 Å². The van der Waals surface area contributed by atoms with E-state index in [1.807, 2.05) is 0 Å². The number of hydrogen-bond acceptors (Lipinski definition) is 2. The molecule has 0 saturated carbocycles. The molecule has 1 heterocycles. The first-order valence-electron chi connectivity index (χ1n) is 7.79. The lowest BCUT2D eigenvalue weighted by Crippen LogP contribution is -2.44. The van der Waals surface area contributed by atoms with E-state index in [1.165, 1.54) is 37.9 Å². The summed E-state index contributed by atoms with van der Waals surface area (Å²) in [4.78, 5) is 2.63. The van der Waals surface area contributed by atoms with E-state index < -0.39 is 0 Å². The minimum atomic E-state index is 0.573. The molecular weight excluding hydrogens is 232 g/mol. The summed E-state index contributed by atoms with van der Waals surface area (Å²) in [6.45, 7) is 7.78. The lowest BCUT2D eigenvalue weighted by atomic mass is 9.93. The number of nitrogens with two attached hydrogens (primary N) is 1. The quantitative estimate of drug-likeness (QED) is 0.851. The average Bonchev–Trinajstić information content (AvgIpc) is 2.95. The van der Waals surface area contributed by atoms with Crippen LogP contribution in [-0.2, 0) is 0 Å². The van der Waals surface area contributed by atoms with Crippen molar-refractivity contribution in [1.82, 2.24) is 4.90 Å². The molecule has 2 N–H and O–H groups in total. The summed E-state index contributed by atoms with van der Waals surface area (Å²) in [5.41, 5.74) is 7.54. The molecule has 0 spiro atoms. The summed E-state index contributed by atoms with van der Waals surface area (Å²) in [5.74, 6) is 1.45. The van der Waals surface area contributed by atoms with Crippen LogP contribution in [0.4, 0.5) is 0 Å². The summed E-state index contributed by atoms with van der Waals surface area (Å²) in [6, 6.07) is 11.5. The fourth-order valence-electron chi connectivity index (χ4n) is 3.56. The van der Waals surface area contributed by atoms with Gasteiger partial charge in [0.1, 0.15) is 0 Å². The Kier molecular flexibility index (Phi) is 5.41. The fourth-order valence-corrected chi connectivity index (χ4v) is 3.56. The number of rotatable bonds is 6. The number of benzene rings is 1. The molecule has 0 amide bonds. The van der Waals surface area contributed by atoms with Crippen LogP contribution in [0, 0.1) is 5.92 Å². The van der Waals surface area contributed by atoms with Crippen molar-refractivity contribution < 1.29 is 0 Å². The minimum absolute atomic E-state index is 0.573. The Bertz CT molecular complexity index is 359. The molecule has 2 rings (SSSR count). The van der Waals surface area contributed by atoms with Crippen molar-refractivity contribution in [2.45, 2.75) is 45.1 Å². The lowest BCUT2D eigenvalue weighted by Gasteiger charge is -2.33. The molecule has 2 unspecified atom stereocenters. The second-order valence-electron chi connectivity index (χ2n) is 5.77. The second-order valence-corrected chi connectivity index (χ2v) is 5.77. The van der Waals surface area contributed by atoms with E-state index >= 15 is 0 Å². The molecule has 1 aliphatic rings. The molecule has 2 atom stereocenters. The van der Waals surface area contributed by atoms with Gasteiger partial charge in [-0.3, -0.25) is 4.90 Å². The van der Waals surface area contributed by atoms with Crippen LogP contribution < -0.4 is 5.73 Å². The first-order chi connectivity index (χ1) is 9.30. The summed E-state index contributed by atoms with van der Waals surface area (Å²) in [7, 11) is 0. The molecule has 19 heavy (non-hydrogen) atoms. The Labute approximate surface area is 118 Å². The average molecular weight is 260 g/mol. The Hall–Kier alpha value is -0.860. The SMILES string of the molecule is CCC(CC)C(CN)N1CCC(c2ccccc2)C1. The third-order valence-electron chi connectivity index (χ3n) is 4.79. The van der Waals surface area contributed by atoms with Crippen molar-refractivity contribution in [3.8, 4) is 0 Å². The van der Waals surface area contributed by atoms with Gasteiger partial charge < -0.3 is 5.73 Å². The van der Waals surface area contributed by atoms with E-state index in [9.17, 15) is 0 Å². The first kappa shape index (κ1) is 14.5. The van der Waals surface area contributed by atoms with Gasteiger partial charge in [-0.2, -0.15) is 0 Å². The zero-order chi connectivity index (χ0) is 13.7. The molecule has 106 valence electrons. The van der Waals surface area contributed by atoms with Crippen molar-refractivity contribution >= 4 is 0 Å². The van der Waals surface area contributed by atoms with Crippen molar-refractivity contribution in [3.05, 3.63) is 35.9 Å². The zero-order valence-electron chi connectivity index (χ0n) is 12.4. The standard InChI is InChI=1S/C17H28N2/c1-3-14(4-2)17(12-18)19-11-10-16(13-19)15-8-6-5-7-9-15/h5-9,14,16-17H,3-4,10-13,18H2,1-2H3. The van der Waals surface area contributed by atoms with Crippen LogP contribution in [0.2, 0.25) is 0 Å². The lowest BCUT2D eigenvalue weighted by molar-refractivity contribution is 0.169. The van der Waals surface area contributed by atoms with Crippen LogP contribution in [0.5, 0.6) is 0 Å². The normalized spacial score (nSPS) is 22.0. The molecule has 1 aliphatic heterocycles. The van der Waals surface area contributed by atoms with Crippen molar-refractivity contribution in [3.63, 3.8) is 0 Å². The van der Waals surface area contributed by atoms with Crippen LogP contribution >= 0.6 is 0 Å². The second kappa shape index (κ2) is 7.06.